The molecule has 1 amide bonds. The molecule has 1 heterocycles. The number of rotatable bonds is 5. The molecule has 0 spiro atoms. The minimum atomic E-state index is -0.939. The van der Waals surface area contributed by atoms with Crippen molar-refractivity contribution >= 4 is 28.6 Å². The average molecular weight is 308 g/mol. The molecule has 1 aromatic heterocycles. The summed E-state index contributed by atoms with van der Waals surface area (Å²) in [4.78, 5) is 17.5. The number of hydrogen-bond donors (Lipinski definition) is 3. The van der Waals surface area contributed by atoms with Gasteiger partial charge in [-0.25, -0.2) is 8.78 Å². The summed E-state index contributed by atoms with van der Waals surface area (Å²) in [5, 5.41) is 0.493. The predicted molar refractivity (Wildman–Crippen MR) is 84.3 cm³/mol. The summed E-state index contributed by atoms with van der Waals surface area (Å²) < 4.78 is 26.5. The fourth-order valence-corrected chi connectivity index (χ4v) is 1.90. The van der Waals surface area contributed by atoms with Crippen LogP contribution in [0.4, 0.5) is 8.78 Å². The average Bonchev–Trinajstić information content (AvgIpc) is 2.82. The lowest BCUT2D eigenvalue weighted by atomic mass is 10.1. The first-order chi connectivity index (χ1) is 10.0. The van der Waals surface area contributed by atoms with Crippen molar-refractivity contribution in [2.24, 2.45) is 16.5 Å². The Morgan fingerprint density at radius 2 is 2.00 bits per heavy atom. The van der Waals surface area contributed by atoms with Gasteiger partial charge in [-0.3, -0.25) is 9.79 Å². The molecule has 0 aliphatic rings. The zero-order valence-electron chi connectivity index (χ0n) is 11.1. The minimum absolute atomic E-state index is 0. The lowest BCUT2D eigenvalue weighted by Gasteiger charge is -2.00. The number of nitrogens with zero attached hydrogens (tertiary/aromatic N) is 1. The third kappa shape index (κ3) is 3.69. The van der Waals surface area contributed by atoms with Gasteiger partial charge in [-0.2, -0.15) is 0 Å². The molecule has 1 aromatic carbocycles. The van der Waals surface area contributed by atoms with Crippen molar-refractivity contribution in [1.29, 1.82) is 0 Å². The molecule has 0 aliphatic heterocycles. The van der Waals surface area contributed by atoms with Gasteiger partial charge in [0.1, 0.15) is 0 Å². The lowest BCUT2D eigenvalue weighted by Crippen LogP contribution is -2.11. The second-order valence-electron chi connectivity index (χ2n) is 4.39. The number of aliphatic imine (C=N–C) groups is 1. The van der Waals surface area contributed by atoms with Crippen molar-refractivity contribution in [2.45, 2.75) is 13.8 Å². The number of amides is 1. The lowest BCUT2D eigenvalue weighted by molar-refractivity contribution is -0.117. The number of aromatic nitrogens is 1. The normalized spacial score (nSPS) is 11.8. The number of halogens is 2. The van der Waals surface area contributed by atoms with Crippen LogP contribution in [-0.4, -0.2) is 23.7 Å². The molecule has 2 aromatic rings. The van der Waals surface area contributed by atoms with Crippen molar-refractivity contribution in [3.8, 4) is 0 Å². The number of H-pyrrole nitrogens is 1. The van der Waals surface area contributed by atoms with Crippen LogP contribution in [0.3, 0.4) is 0 Å². The maximum atomic E-state index is 13.3. The van der Waals surface area contributed by atoms with Crippen molar-refractivity contribution in [1.82, 2.24) is 4.98 Å². The molecule has 118 valence electrons. The Morgan fingerprint density at radius 1 is 1.32 bits per heavy atom. The van der Waals surface area contributed by atoms with Gasteiger partial charge >= 0.3 is 0 Å². The van der Waals surface area contributed by atoms with E-state index in [1.165, 1.54) is 12.4 Å². The number of aromatic amines is 1. The van der Waals surface area contributed by atoms with Gasteiger partial charge in [0.15, 0.2) is 11.6 Å². The van der Waals surface area contributed by atoms with Crippen molar-refractivity contribution < 1.29 is 13.6 Å². The zero-order valence-corrected chi connectivity index (χ0v) is 11.1. The Hall–Kier alpha value is -2.70. The first-order valence-electron chi connectivity index (χ1n) is 6.19. The summed E-state index contributed by atoms with van der Waals surface area (Å²) in [6.45, 7) is 0.234. The van der Waals surface area contributed by atoms with E-state index in [-0.39, 0.29) is 20.4 Å². The first kappa shape index (κ1) is 17.4. The molecular weight excluding hydrogens is 290 g/mol. The van der Waals surface area contributed by atoms with Gasteiger partial charge in [0.25, 0.3) is 0 Å². The maximum absolute atomic E-state index is 13.3. The van der Waals surface area contributed by atoms with Crippen LogP contribution >= 0.6 is 0 Å². The van der Waals surface area contributed by atoms with E-state index in [2.05, 4.69) is 9.98 Å². The van der Waals surface area contributed by atoms with Crippen molar-refractivity contribution in [3.63, 3.8) is 0 Å². The van der Waals surface area contributed by atoms with Crippen molar-refractivity contribution in [3.05, 3.63) is 41.7 Å². The molecule has 5 N–H and O–H groups in total. The second-order valence-corrected chi connectivity index (χ2v) is 4.39. The third-order valence-electron chi connectivity index (χ3n) is 2.93. The van der Waals surface area contributed by atoms with Crippen molar-refractivity contribution in [2.75, 3.05) is 6.54 Å². The standard InChI is InChI=1S/C14H14F2N4O.CH4/c15-11-3-9-10(7-20-13(9)4-12(11)16)8(5-17)6-19-2-1-14(18)21;/h3-7,20H,1-2,17H2,(H2,18,21);1H4. The molecule has 0 atom stereocenters. The van der Waals surface area contributed by atoms with Gasteiger partial charge in [0.05, 0.1) is 0 Å². The van der Waals surface area contributed by atoms with Crippen LogP contribution in [0.2, 0.25) is 0 Å². The van der Waals surface area contributed by atoms with E-state index in [1.54, 1.807) is 6.20 Å². The number of carbonyl (C=O) groups is 1. The number of hydrogen-bond acceptors (Lipinski definition) is 3. The molecular formula is C15H18F2N4O. The summed E-state index contributed by atoms with van der Waals surface area (Å²) >= 11 is 0. The minimum Gasteiger partial charge on any atom is -0.404 e. The van der Waals surface area contributed by atoms with Crippen LogP contribution < -0.4 is 11.5 Å². The van der Waals surface area contributed by atoms with Crippen LogP contribution in [-0.2, 0) is 4.79 Å². The number of primary amides is 1. The summed E-state index contributed by atoms with van der Waals surface area (Å²) in [6, 6.07) is 2.17. The number of carbonyl (C=O) groups excluding carboxylic acids is 1. The molecule has 0 radical (unpaired) electrons. The molecule has 5 nitrogen and oxygen atoms in total. The van der Waals surface area contributed by atoms with Gasteiger partial charge in [-0.05, 0) is 6.07 Å². The zero-order chi connectivity index (χ0) is 15.4. The fraction of sp³-hybridized carbons (Fsp3) is 0.200. The summed E-state index contributed by atoms with van der Waals surface area (Å²) in [6.07, 6.45) is 4.48. The highest BCUT2D eigenvalue weighted by Gasteiger charge is 2.11. The SMILES string of the molecule is C.NC=C(C=NCCC(N)=O)c1c[nH]c2cc(F)c(F)cc12. The number of nitrogens with one attached hydrogen (secondary N) is 1. The predicted octanol–water partition coefficient (Wildman–Crippen LogP) is 2.33. The van der Waals surface area contributed by atoms with Crippen LogP contribution in [0.1, 0.15) is 19.4 Å². The highest BCUT2D eigenvalue weighted by Crippen LogP contribution is 2.25. The molecule has 0 unspecified atom stereocenters. The second kappa shape index (κ2) is 7.35. The topological polar surface area (TPSA) is 97.3 Å². The van der Waals surface area contributed by atoms with Crippen LogP contribution in [0.5, 0.6) is 0 Å². The molecule has 7 heteroatoms. The van der Waals surface area contributed by atoms with E-state index in [1.807, 2.05) is 0 Å². The van der Waals surface area contributed by atoms with Crippen LogP contribution in [0, 0.1) is 11.6 Å². The fourth-order valence-electron chi connectivity index (χ4n) is 1.90. The van der Waals surface area contributed by atoms with Gasteiger partial charge in [-0.15, -0.1) is 0 Å². The Labute approximate surface area is 126 Å². The molecule has 0 saturated heterocycles. The van der Waals surface area contributed by atoms with E-state index >= 15 is 0 Å². The smallest absolute Gasteiger partial charge is 0.219 e. The number of fused-ring (bicyclic) bond motifs is 1. The summed E-state index contributed by atoms with van der Waals surface area (Å²) in [5.74, 6) is -2.32. The first-order valence-corrected chi connectivity index (χ1v) is 6.19. The van der Waals surface area contributed by atoms with Gasteiger partial charge < -0.3 is 16.5 Å². The van der Waals surface area contributed by atoms with Gasteiger partial charge in [0.2, 0.25) is 5.91 Å². The van der Waals surface area contributed by atoms with Gasteiger partial charge in [0, 0.05) is 59.7 Å². The van der Waals surface area contributed by atoms with E-state index in [4.69, 9.17) is 11.5 Å². The largest absolute Gasteiger partial charge is 0.404 e. The van der Waals surface area contributed by atoms with E-state index in [0.717, 1.165) is 12.1 Å². The Balaban J connectivity index is 0.00000242. The van der Waals surface area contributed by atoms with Gasteiger partial charge in [-0.1, -0.05) is 7.43 Å². The highest BCUT2D eigenvalue weighted by molar-refractivity contribution is 6.14. The molecule has 22 heavy (non-hydrogen) atoms. The van der Waals surface area contributed by atoms with E-state index in [0.29, 0.717) is 22.0 Å². The van der Waals surface area contributed by atoms with Crippen LogP contribution in [0.15, 0.2) is 29.5 Å². The maximum Gasteiger partial charge on any atom is 0.219 e. The molecule has 0 aliphatic carbocycles. The Kier molecular flexibility index (Phi) is 5.80. The molecule has 0 saturated carbocycles. The number of benzene rings is 1. The van der Waals surface area contributed by atoms with Crippen LogP contribution in [0.25, 0.3) is 16.5 Å². The summed E-state index contributed by atoms with van der Waals surface area (Å²) in [5.41, 5.74) is 12.1. The Bertz CT molecular complexity index is 734. The third-order valence-corrected chi connectivity index (χ3v) is 2.93. The monoisotopic (exact) mass is 308 g/mol. The summed E-state index contributed by atoms with van der Waals surface area (Å²) in [7, 11) is 0. The molecule has 2 rings (SSSR count). The Morgan fingerprint density at radius 3 is 2.64 bits per heavy atom. The van der Waals surface area contributed by atoms with E-state index < -0.39 is 17.5 Å². The quantitative estimate of drug-likeness (QED) is 0.739. The molecule has 0 bridgehead atoms. The number of allylic oxidation sites excluding steroid dienone is 1. The molecule has 0 fully saturated rings. The van der Waals surface area contributed by atoms with E-state index in [9.17, 15) is 13.6 Å². The number of nitrogens with two attached hydrogens (primary N) is 2. The highest BCUT2D eigenvalue weighted by atomic mass is 19.2.